The highest BCUT2D eigenvalue weighted by molar-refractivity contribution is 5.98. The highest BCUT2D eigenvalue weighted by Gasteiger charge is 2.29. The van der Waals surface area contributed by atoms with E-state index < -0.39 is 0 Å². The van der Waals surface area contributed by atoms with E-state index in [0.29, 0.717) is 11.3 Å². The Morgan fingerprint density at radius 1 is 1.00 bits per heavy atom. The molecular weight excluding hydrogens is 336 g/mol. The van der Waals surface area contributed by atoms with Gasteiger partial charge in [-0.2, -0.15) is 0 Å². The summed E-state index contributed by atoms with van der Waals surface area (Å²) >= 11 is 0. The van der Waals surface area contributed by atoms with Crippen LogP contribution in [0.15, 0.2) is 42.5 Å². The molecule has 27 heavy (non-hydrogen) atoms. The van der Waals surface area contributed by atoms with E-state index in [0.717, 1.165) is 50.5 Å². The molecule has 2 aromatic carbocycles. The highest BCUT2D eigenvalue weighted by atomic mass is 16.3. The Kier molecular flexibility index (Phi) is 5.88. The molecule has 3 heteroatoms. The van der Waals surface area contributed by atoms with Gasteiger partial charge in [-0.05, 0) is 67.3 Å². The average Bonchev–Trinajstić information content (AvgIpc) is 2.74. The molecule has 0 aliphatic heterocycles. The molecule has 144 valence electrons. The van der Waals surface area contributed by atoms with Crippen LogP contribution in [0.3, 0.4) is 0 Å². The SMILES string of the molecule is Cc1cc(C2(C)CCCCC(C(=O)c3cccc(O)c3)CCC2)ccc1O. The summed E-state index contributed by atoms with van der Waals surface area (Å²) in [7, 11) is 0. The molecule has 0 bridgehead atoms. The Hall–Kier alpha value is -2.29. The molecule has 2 N–H and O–H groups in total. The molecule has 2 atom stereocenters. The Morgan fingerprint density at radius 2 is 1.74 bits per heavy atom. The molecule has 2 unspecified atom stereocenters. The molecule has 0 saturated heterocycles. The van der Waals surface area contributed by atoms with E-state index in [4.69, 9.17) is 0 Å². The van der Waals surface area contributed by atoms with Gasteiger partial charge in [0.25, 0.3) is 0 Å². The predicted octanol–water partition coefficient (Wildman–Crippen LogP) is 5.91. The Morgan fingerprint density at radius 3 is 2.48 bits per heavy atom. The van der Waals surface area contributed by atoms with Crippen LogP contribution in [-0.2, 0) is 5.41 Å². The standard InChI is InChI=1S/C24H30O3/c1-17-15-20(11-12-22(17)26)24(2)13-4-3-7-18(9-6-14-24)23(27)19-8-5-10-21(25)16-19/h5,8,10-12,15-16,18,25-26H,3-4,6-7,9,13-14H2,1-2H3. The van der Waals surface area contributed by atoms with Crippen LogP contribution in [0.25, 0.3) is 0 Å². The van der Waals surface area contributed by atoms with E-state index in [-0.39, 0.29) is 22.9 Å². The van der Waals surface area contributed by atoms with E-state index in [1.54, 1.807) is 30.3 Å². The van der Waals surface area contributed by atoms with Crippen LogP contribution in [0, 0.1) is 12.8 Å². The van der Waals surface area contributed by atoms with Crippen molar-refractivity contribution in [2.45, 2.75) is 64.2 Å². The first-order valence-electron chi connectivity index (χ1n) is 10.0. The molecule has 0 heterocycles. The quantitative estimate of drug-likeness (QED) is 0.664. The zero-order valence-corrected chi connectivity index (χ0v) is 16.4. The van der Waals surface area contributed by atoms with Crippen LogP contribution in [0.4, 0.5) is 0 Å². The Balaban J connectivity index is 1.73. The summed E-state index contributed by atoms with van der Waals surface area (Å²) in [5.74, 6) is 0.701. The molecule has 1 aliphatic rings. The van der Waals surface area contributed by atoms with Crippen molar-refractivity contribution in [1.82, 2.24) is 0 Å². The third kappa shape index (κ3) is 4.52. The monoisotopic (exact) mass is 366 g/mol. The second-order valence-corrected chi connectivity index (χ2v) is 8.31. The minimum Gasteiger partial charge on any atom is -0.508 e. The second-order valence-electron chi connectivity index (χ2n) is 8.31. The van der Waals surface area contributed by atoms with Crippen molar-refractivity contribution in [2.24, 2.45) is 5.92 Å². The Bertz CT molecular complexity index is 811. The number of carbonyl (C=O) groups is 1. The van der Waals surface area contributed by atoms with Gasteiger partial charge >= 0.3 is 0 Å². The number of benzene rings is 2. The van der Waals surface area contributed by atoms with Gasteiger partial charge in [0, 0.05) is 11.5 Å². The first-order valence-corrected chi connectivity index (χ1v) is 10.0. The third-order valence-corrected chi connectivity index (χ3v) is 6.21. The molecule has 0 amide bonds. The van der Waals surface area contributed by atoms with Crippen LogP contribution in [0.2, 0.25) is 0 Å². The van der Waals surface area contributed by atoms with E-state index in [1.165, 1.54) is 5.56 Å². The fourth-order valence-electron chi connectivity index (χ4n) is 4.39. The van der Waals surface area contributed by atoms with E-state index in [1.807, 2.05) is 6.92 Å². The summed E-state index contributed by atoms with van der Waals surface area (Å²) < 4.78 is 0. The van der Waals surface area contributed by atoms with Gasteiger partial charge in [0.05, 0.1) is 0 Å². The van der Waals surface area contributed by atoms with Gasteiger partial charge in [-0.1, -0.05) is 50.5 Å². The van der Waals surface area contributed by atoms with Gasteiger partial charge in [-0.25, -0.2) is 0 Å². The topological polar surface area (TPSA) is 57.5 Å². The maximum atomic E-state index is 12.9. The lowest BCUT2D eigenvalue weighted by Gasteiger charge is -2.30. The normalized spacial score (nSPS) is 23.9. The average molecular weight is 367 g/mol. The lowest BCUT2D eigenvalue weighted by atomic mass is 9.74. The minimum absolute atomic E-state index is 0.0377. The summed E-state index contributed by atoms with van der Waals surface area (Å²) in [5, 5.41) is 19.5. The van der Waals surface area contributed by atoms with Crippen molar-refractivity contribution in [2.75, 3.05) is 0 Å². The van der Waals surface area contributed by atoms with E-state index >= 15 is 0 Å². The summed E-state index contributed by atoms with van der Waals surface area (Å²) in [6.45, 7) is 4.26. The number of Topliss-reactive ketones (excluding diaryl/α,β-unsaturated/α-hetero) is 1. The molecule has 1 saturated carbocycles. The summed E-state index contributed by atoms with van der Waals surface area (Å²) in [5.41, 5.74) is 2.92. The molecule has 0 spiro atoms. The molecular formula is C24H30O3. The van der Waals surface area contributed by atoms with Gasteiger partial charge in [-0.3, -0.25) is 4.79 Å². The van der Waals surface area contributed by atoms with Crippen molar-refractivity contribution in [3.8, 4) is 11.5 Å². The molecule has 3 nitrogen and oxygen atoms in total. The van der Waals surface area contributed by atoms with E-state index in [2.05, 4.69) is 19.1 Å². The fraction of sp³-hybridized carbons (Fsp3) is 0.458. The van der Waals surface area contributed by atoms with E-state index in [9.17, 15) is 15.0 Å². The molecule has 0 aromatic heterocycles. The number of phenols is 2. The fourth-order valence-corrected chi connectivity index (χ4v) is 4.39. The van der Waals surface area contributed by atoms with Crippen LogP contribution >= 0.6 is 0 Å². The van der Waals surface area contributed by atoms with Gasteiger partial charge in [0.1, 0.15) is 11.5 Å². The number of aromatic hydroxyl groups is 2. The molecule has 1 aliphatic carbocycles. The lowest BCUT2D eigenvalue weighted by molar-refractivity contribution is 0.0902. The minimum atomic E-state index is 0.0377. The van der Waals surface area contributed by atoms with Crippen molar-refractivity contribution >= 4 is 5.78 Å². The predicted molar refractivity (Wildman–Crippen MR) is 108 cm³/mol. The zero-order chi connectivity index (χ0) is 19.4. The number of hydrogen-bond acceptors (Lipinski definition) is 3. The van der Waals surface area contributed by atoms with Crippen LogP contribution in [0.5, 0.6) is 11.5 Å². The van der Waals surface area contributed by atoms with Crippen molar-refractivity contribution in [3.63, 3.8) is 0 Å². The number of rotatable bonds is 3. The number of aryl methyl sites for hydroxylation is 1. The van der Waals surface area contributed by atoms with Gasteiger partial charge in [-0.15, -0.1) is 0 Å². The Labute approximate surface area is 162 Å². The molecule has 3 rings (SSSR count). The molecule has 1 fully saturated rings. The summed E-state index contributed by atoms with van der Waals surface area (Å²) in [6.07, 6.45) is 7.10. The van der Waals surface area contributed by atoms with Gasteiger partial charge < -0.3 is 10.2 Å². The van der Waals surface area contributed by atoms with Gasteiger partial charge in [0.2, 0.25) is 0 Å². The third-order valence-electron chi connectivity index (χ3n) is 6.21. The van der Waals surface area contributed by atoms with Crippen molar-refractivity contribution in [3.05, 3.63) is 59.2 Å². The second kappa shape index (κ2) is 8.16. The molecule has 0 radical (unpaired) electrons. The van der Waals surface area contributed by atoms with Crippen molar-refractivity contribution < 1.29 is 15.0 Å². The maximum absolute atomic E-state index is 12.9. The largest absolute Gasteiger partial charge is 0.508 e. The zero-order valence-electron chi connectivity index (χ0n) is 16.4. The smallest absolute Gasteiger partial charge is 0.166 e. The summed E-state index contributed by atoms with van der Waals surface area (Å²) in [6, 6.07) is 12.7. The highest BCUT2D eigenvalue weighted by Crippen LogP contribution is 2.39. The van der Waals surface area contributed by atoms with Gasteiger partial charge in [0.15, 0.2) is 5.78 Å². The number of hydrogen-bond donors (Lipinski definition) is 2. The van der Waals surface area contributed by atoms with Crippen molar-refractivity contribution in [1.29, 1.82) is 0 Å². The van der Waals surface area contributed by atoms with Crippen LogP contribution in [-0.4, -0.2) is 16.0 Å². The first kappa shape index (κ1) is 19.5. The summed E-state index contributed by atoms with van der Waals surface area (Å²) in [4.78, 5) is 12.9. The number of carbonyl (C=O) groups excluding carboxylic acids is 1. The number of phenolic OH excluding ortho intramolecular Hbond substituents is 2. The number of ketones is 1. The van der Waals surface area contributed by atoms with Crippen LogP contribution in [0.1, 0.15) is 73.4 Å². The van der Waals surface area contributed by atoms with Crippen LogP contribution < -0.4 is 0 Å². The first-order chi connectivity index (χ1) is 12.9. The molecule has 2 aromatic rings. The maximum Gasteiger partial charge on any atom is 0.166 e. The lowest BCUT2D eigenvalue weighted by Crippen LogP contribution is -2.22.